The first kappa shape index (κ1) is 44.2. The number of hydrogen-bond acceptors (Lipinski definition) is 9. The molecule has 3 aromatic carbocycles. The van der Waals surface area contributed by atoms with Crippen LogP contribution in [0.2, 0.25) is 5.02 Å². The Hall–Kier alpha value is -6.00. The van der Waals surface area contributed by atoms with Gasteiger partial charge >= 0.3 is 0 Å². The summed E-state index contributed by atoms with van der Waals surface area (Å²) >= 11 is 10.2. The Morgan fingerprint density at radius 1 is 1.06 bits per heavy atom. The van der Waals surface area contributed by atoms with Gasteiger partial charge in [0.1, 0.15) is 41.1 Å². The number of carbonyl (C=O) groups excluding carboxylic acids is 1. The van der Waals surface area contributed by atoms with E-state index < -0.39 is 87.7 Å². The van der Waals surface area contributed by atoms with Gasteiger partial charge in [0.2, 0.25) is 15.9 Å². The number of rotatable bonds is 13. The predicted octanol–water partition coefficient (Wildman–Crippen LogP) is 7.78. The third-order valence-corrected chi connectivity index (χ3v) is 13.3. The molecule has 1 fully saturated rings. The number of anilines is 1. The first-order valence-electron chi connectivity index (χ1n) is 19.6. The second-order valence-electron chi connectivity index (χ2n) is 15.8. The Balaban J connectivity index is 1.22. The van der Waals surface area contributed by atoms with Gasteiger partial charge in [0, 0.05) is 41.7 Å². The van der Waals surface area contributed by atoms with Crippen LogP contribution in [0.4, 0.5) is 32.2 Å². The van der Waals surface area contributed by atoms with E-state index in [1.165, 1.54) is 43.2 Å². The summed E-state index contributed by atoms with van der Waals surface area (Å²) in [6.07, 6.45) is -1.37. The van der Waals surface area contributed by atoms with Crippen molar-refractivity contribution in [1.29, 1.82) is 0 Å². The molecular formula is C42H33BrClF6N9O5S. The topological polar surface area (TPSA) is 159 Å². The van der Waals surface area contributed by atoms with Crippen molar-refractivity contribution < 1.29 is 44.3 Å². The number of aryl methyl sites for hydroxylation is 1. The van der Waals surface area contributed by atoms with Crippen LogP contribution >= 0.6 is 27.5 Å². The number of methoxy groups -OCH3 is 1. The standard InChI is InChI=1S/C42H33BrClF6N9O5S/c1-56-35-30(9-8-28(44)33(35)40(55-56)58(65(3,62)63)17-19-4-6-24(64-2)7-5-19)59-39(53-38-26(41(59)61)13-21(43)16-51-38)29(12-20-10-22(45)14-23(46)11-20)52-31(60)18-57-36-32(34(54-57)37(47)48)25-15-27(25)42(36,49)50/h4-11,13-14,16,25,27,29,37H,12,15,17-18H2,1-3H3,(H,52,60)/t25-,27+,29-/m0/s1. The summed E-state index contributed by atoms with van der Waals surface area (Å²) in [5.74, 6) is -8.53. The van der Waals surface area contributed by atoms with Crippen molar-refractivity contribution in [3.05, 3.63) is 132 Å². The van der Waals surface area contributed by atoms with Gasteiger partial charge in [-0.25, -0.2) is 40.3 Å². The number of carbonyl (C=O) groups is 1. The fourth-order valence-electron chi connectivity index (χ4n) is 8.59. The van der Waals surface area contributed by atoms with E-state index >= 15 is 8.78 Å². The highest BCUT2D eigenvalue weighted by Crippen LogP contribution is 2.68. The van der Waals surface area contributed by atoms with Gasteiger partial charge in [-0.1, -0.05) is 23.7 Å². The number of fused-ring (bicyclic) bond motifs is 5. The molecule has 2 aliphatic carbocycles. The summed E-state index contributed by atoms with van der Waals surface area (Å²) in [6.45, 7) is -1.20. The summed E-state index contributed by atoms with van der Waals surface area (Å²) in [5.41, 5.74) is -2.28. The molecular weight excluding hydrogens is 972 g/mol. The van der Waals surface area contributed by atoms with Crippen LogP contribution in [-0.2, 0) is 47.3 Å². The smallest absolute Gasteiger partial charge is 0.293 e. The fraction of sp³-hybridized carbons (Fsp3) is 0.286. The van der Waals surface area contributed by atoms with Crippen LogP contribution < -0.4 is 19.9 Å². The van der Waals surface area contributed by atoms with Crippen molar-refractivity contribution in [3.8, 4) is 11.4 Å². The summed E-state index contributed by atoms with van der Waals surface area (Å²) in [6, 6.07) is 11.9. The van der Waals surface area contributed by atoms with Crippen LogP contribution in [-0.4, -0.2) is 61.8 Å². The number of amides is 1. The maximum Gasteiger partial charge on any atom is 0.293 e. The number of halogens is 8. The van der Waals surface area contributed by atoms with Crippen molar-refractivity contribution in [1.82, 2.24) is 39.4 Å². The third kappa shape index (κ3) is 7.87. The third-order valence-electron chi connectivity index (χ3n) is 11.4. The number of nitrogens with one attached hydrogen (secondary N) is 1. The highest BCUT2D eigenvalue weighted by molar-refractivity contribution is 9.10. The lowest BCUT2D eigenvalue weighted by Gasteiger charge is -2.24. The van der Waals surface area contributed by atoms with Crippen LogP contribution in [0.1, 0.15) is 58.7 Å². The average molecular weight is 1010 g/mol. The average Bonchev–Trinajstić information content (AvgIpc) is 3.76. The van der Waals surface area contributed by atoms with Gasteiger partial charge in [-0.05, 0) is 81.9 Å². The van der Waals surface area contributed by atoms with Gasteiger partial charge in [-0.3, -0.25) is 23.5 Å². The van der Waals surface area contributed by atoms with Crippen molar-refractivity contribution >= 4 is 71.2 Å². The van der Waals surface area contributed by atoms with Crippen LogP contribution in [0.25, 0.3) is 27.6 Å². The van der Waals surface area contributed by atoms with E-state index in [0.29, 0.717) is 26.5 Å². The molecule has 7 aromatic rings. The number of alkyl halides is 4. The number of sulfonamides is 1. The summed E-state index contributed by atoms with van der Waals surface area (Å²) in [5, 5.41) is 11.0. The molecule has 4 heterocycles. The van der Waals surface area contributed by atoms with Crippen LogP contribution in [0.3, 0.4) is 0 Å². The van der Waals surface area contributed by atoms with Gasteiger partial charge in [-0.15, -0.1) is 0 Å². The van der Waals surface area contributed by atoms with Crippen LogP contribution in [0.5, 0.6) is 5.75 Å². The lowest BCUT2D eigenvalue weighted by molar-refractivity contribution is -0.123. The van der Waals surface area contributed by atoms with Crippen LogP contribution in [0, 0.1) is 17.6 Å². The Labute approximate surface area is 378 Å². The van der Waals surface area contributed by atoms with E-state index in [2.05, 4.69) is 36.4 Å². The molecule has 2 aliphatic rings. The Morgan fingerprint density at radius 2 is 1.77 bits per heavy atom. The molecule has 0 spiro atoms. The van der Waals surface area contributed by atoms with Gasteiger partial charge in [-0.2, -0.15) is 19.0 Å². The molecule has 65 heavy (non-hydrogen) atoms. The molecule has 0 radical (unpaired) electrons. The highest BCUT2D eigenvalue weighted by Gasteiger charge is 2.67. The van der Waals surface area contributed by atoms with E-state index in [0.717, 1.165) is 27.3 Å². The summed E-state index contributed by atoms with van der Waals surface area (Å²) in [7, 11) is -1.14. The molecule has 0 aliphatic heterocycles. The van der Waals surface area contributed by atoms with E-state index in [1.807, 2.05) is 0 Å². The van der Waals surface area contributed by atoms with Gasteiger partial charge in [0.05, 0.1) is 53.0 Å². The molecule has 3 atom stereocenters. The molecule has 1 N–H and O–H groups in total. The first-order chi connectivity index (χ1) is 30.7. The lowest BCUT2D eigenvalue weighted by atomic mass is 10.0. The van der Waals surface area contributed by atoms with E-state index in [-0.39, 0.29) is 68.4 Å². The SMILES string of the molecule is COc1ccc(CN(c2nn(C)c3c(-n4c([C@H](Cc5cc(F)cc(F)c5)NC(=O)Cn5nc(C(F)F)c6c5C(F)(F)[C@@H]5C[C@H]65)nc5ncc(Br)cc5c4=O)ccc(Cl)c23)S(C)(=O)=O)cc1. The molecule has 338 valence electrons. The fourth-order valence-corrected chi connectivity index (χ4v) is 9.99. The number of pyridine rings is 1. The summed E-state index contributed by atoms with van der Waals surface area (Å²) in [4.78, 5) is 38.1. The monoisotopic (exact) mass is 1000 g/mol. The van der Waals surface area contributed by atoms with Gasteiger partial charge in [0.25, 0.3) is 17.9 Å². The lowest BCUT2D eigenvalue weighted by Crippen LogP contribution is -2.38. The van der Waals surface area contributed by atoms with Gasteiger partial charge in [0.15, 0.2) is 11.5 Å². The number of nitrogens with zero attached hydrogens (tertiary/aromatic N) is 8. The summed E-state index contributed by atoms with van der Waals surface area (Å²) < 4.78 is 125. The maximum absolute atomic E-state index is 15.5. The molecule has 1 saturated carbocycles. The quantitative estimate of drug-likeness (QED) is 0.114. The minimum atomic E-state index is -4.10. The predicted molar refractivity (Wildman–Crippen MR) is 229 cm³/mol. The van der Waals surface area contributed by atoms with Crippen molar-refractivity contribution in [2.45, 2.75) is 50.2 Å². The van der Waals surface area contributed by atoms with Crippen molar-refractivity contribution in [2.75, 3.05) is 17.7 Å². The Bertz CT molecular complexity index is 3260. The van der Waals surface area contributed by atoms with E-state index in [4.69, 9.17) is 21.3 Å². The molecule has 9 rings (SSSR count). The Kier molecular flexibility index (Phi) is 11.0. The minimum absolute atomic E-state index is 0.00654. The molecule has 0 bridgehead atoms. The largest absolute Gasteiger partial charge is 0.497 e. The molecule has 0 saturated heterocycles. The maximum atomic E-state index is 15.5. The van der Waals surface area contributed by atoms with Crippen molar-refractivity contribution in [2.24, 2.45) is 13.0 Å². The molecule has 23 heteroatoms. The zero-order valence-electron chi connectivity index (χ0n) is 34.0. The number of ether oxygens (including phenoxy) is 1. The molecule has 1 amide bonds. The first-order valence-corrected chi connectivity index (χ1v) is 22.6. The van der Waals surface area contributed by atoms with E-state index in [9.17, 15) is 35.6 Å². The van der Waals surface area contributed by atoms with E-state index in [1.54, 1.807) is 24.3 Å². The normalized spacial score (nSPS) is 16.8. The second kappa shape index (κ2) is 16.2. The molecule has 4 aromatic heterocycles. The zero-order chi connectivity index (χ0) is 46.4. The molecule has 0 unspecified atom stereocenters. The minimum Gasteiger partial charge on any atom is -0.497 e. The van der Waals surface area contributed by atoms with Crippen LogP contribution in [0.15, 0.2) is 76.1 Å². The van der Waals surface area contributed by atoms with Crippen molar-refractivity contribution in [3.63, 3.8) is 0 Å². The number of hydrogen-bond donors (Lipinski definition) is 1. The number of benzene rings is 3. The molecule has 14 nitrogen and oxygen atoms in total. The number of aromatic nitrogens is 7. The highest BCUT2D eigenvalue weighted by atomic mass is 79.9. The second-order valence-corrected chi connectivity index (χ2v) is 19.0. The Morgan fingerprint density at radius 3 is 2.43 bits per heavy atom. The van der Waals surface area contributed by atoms with Gasteiger partial charge < -0.3 is 10.1 Å². The zero-order valence-corrected chi connectivity index (χ0v) is 37.2.